The van der Waals surface area contributed by atoms with Crippen molar-refractivity contribution in [2.24, 2.45) is 4.99 Å². The highest BCUT2D eigenvalue weighted by Gasteiger charge is 2.22. The molecule has 8 heteroatoms. The first-order valence-electron chi connectivity index (χ1n) is 6.68. The molecule has 0 amide bonds. The molecule has 0 saturated carbocycles. The van der Waals surface area contributed by atoms with Crippen molar-refractivity contribution < 1.29 is 12.8 Å². The number of nitrogens with one attached hydrogen (secondary N) is 3. The molecule has 21 heavy (non-hydrogen) atoms. The number of furan rings is 1. The number of guanidine groups is 1. The van der Waals surface area contributed by atoms with Crippen LogP contribution in [0.3, 0.4) is 0 Å². The molecular weight excluding hydrogens is 292 g/mol. The third-order valence-corrected chi connectivity index (χ3v) is 3.55. The Morgan fingerprint density at radius 2 is 2.10 bits per heavy atom. The molecule has 1 aromatic heterocycles. The van der Waals surface area contributed by atoms with E-state index in [1.807, 2.05) is 12.1 Å². The maximum atomic E-state index is 11.3. The molecule has 1 rings (SSSR count). The summed E-state index contributed by atoms with van der Waals surface area (Å²) in [6.07, 6.45) is 3.53. The van der Waals surface area contributed by atoms with Gasteiger partial charge >= 0.3 is 0 Å². The SMILES string of the molecule is CN=C(NCCc1ccco1)NCC(C)(C)NS(C)(=O)=O. The Morgan fingerprint density at radius 1 is 1.38 bits per heavy atom. The number of hydrogen-bond acceptors (Lipinski definition) is 4. The van der Waals surface area contributed by atoms with Gasteiger partial charge in [-0.05, 0) is 26.0 Å². The molecule has 120 valence electrons. The van der Waals surface area contributed by atoms with Crippen LogP contribution >= 0.6 is 0 Å². The van der Waals surface area contributed by atoms with E-state index in [1.54, 1.807) is 27.2 Å². The van der Waals surface area contributed by atoms with Gasteiger partial charge in [-0.25, -0.2) is 13.1 Å². The average molecular weight is 316 g/mol. The van der Waals surface area contributed by atoms with Crippen LogP contribution in [0, 0.1) is 0 Å². The Balaban J connectivity index is 2.37. The lowest BCUT2D eigenvalue weighted by Crippen LogP contribution is -2.53. The molecule has 0 saturated heterocycles. The van der Waals surface area contributed by atoms with E-state index >= 15 is 0 Å². The van der Waals surface area contributed by atoms with Crippen LogP contribution in [0.15, 0.2) is 27.8 Å². The highest BCUT2D eigenvalue weighted by atomic mass is 32.2. The summed E-state index contributed by atoms with van der Waals surface area (Å²) in [5.74, 6) is 1.52. The van der Waals surface area contributed by atoms with Crippen LogP contribution < -0.4 is 15.4 Å². The smallest absolute Gasteiger partial charge is 0.209 e. The molecule has 0 fully saturated rings. The zero-order valence-electron chi connectivity index (χ0n) is 12.9. The Bertz CT molecular complexity index is 550. The van der Waals surface area contributed by atoms with Gasteiger partial charge in [-0.3, -0.25) is 4.99 Å². The summed E-state index contributed by atoms with van der Waals surface area (Å²) in [4.78, 5) is 4.09. The number of sulfonamides is 1. The second-order valence-corrected chi connectivity index (χ2v) is 7.19. The lowest BCUT2D eigenvalue weighted by atomic mass is 10.1. The lowest BCUT2D eigenvalue weighted by Gasteiger charge is -2.26. The van der Waals surface area contributed by atoms with Crippen molar-refractivity contribution in [2.45, 2.75) is 25.8 Å². The van der Waals surface area contributed by atoms with Crippen molar-refractivity contribution in [1.29, 1.82) is 0 Å². The minimum atomic E-state index is -3.25. The number of nitrogens with zero attached hydrogens (tertiary/aromatic N) is 1. The van der Waals surface area contributed by atoms with E-state index < -0.39 is 15.6 Å². The van der Waals surface area contributed by atoms with Crippen molar-refractivity contribution >= 4 is 16.0 Å². The first-order chi connectivity index (χ1) is 9.72. The molecule has 0 atom stereocenters. The van der Waals surface area contributed by atoms with Gasteiger partial charge in [-0.15, -0.1) is 0 Å². The van der Waals surface area contributed by atoms with Gasteiger partial charge < -0.3 is 15.1 Å². The zero-order chi connectivity index (χ0) is 15.9. The molecule has 0 aromatic carbocycles. The van der Waals surface area contributed by atoms with Crippen LogP contribution in [0.25, 0.3) is 0 Å². The second-order valence-electron chi connectivity index (χ2n) is 5.44. The van der Waals surface area contributed by atoms with Crippen LogP contribution in [0.4, 0.5) is 0 Å². The largest absolute Gasteiger partial charge is 0.469 e. The molecule has 0 bridgehead atoms. The van der Waals surface area contributed by atoms with Crippen molar-refractivity contribution in [2.75, 3.05) is 26.4 Å². The van der Waals surface area contributed by atoms with Crippen LogP contribution in [0.5, 0.6) is 0 Å². The van der Waals surface area contributed by atoms with Gasteiger partial charge in [0.05, 0.1) is 12.5 Å². The highest BCUT2D eigenvalue weighted by molar-refractivity contribution is 7.88. The molecule has 1 aromatic rings. The Labute approximate surface area is 126 Å². The molecular formula is C13H24N4O3S. The average Bonchev–Trinajstić information content (AvgIpc) is 2.83. The van der Waals surface area contributed by atoms with E-state index in [1.165, 1.54) is 0 Å². The fraction of sp³-hybridized carbons (Fsp3) is 0.615. The summed E-state index contributed by atoms with van der Waals surface area (Å²) >= 11 is 0. The summed E-state index contributed by atoms with van der Waals surface area (Å²) in [5.41, 5.74) is -0.605. The Morgan fingerprint density at radius 3 is 2.62 bits per heavy atom. The van der Waals surface area contributed by atoms with Crippen LogP contribution in [0.2, 0.25) is 0 Å². The van der Waals surface area contributed by atoms with Crippen LogP contribution in [0.1, 0.15) is 19.6 Å². The predicted molar refractivity (Wildman–Crippen MR) is 83.8 cm³/mol. The summed E-state index contributed by atoms with van der Waals surface area (Å²) in [7, 11) is -1.58. The summed E-state index contributed by atoms with van der Waals surface area (Å²) in [6.45, 7) is 4.70. The van der Waals surface area contributed by atoms with E-state index in [-0.39, 0.29) is 0 Å². The van der Waals surface area contributed by atoms with Gasteiger partial charge in [-0.1, -0.05) is 0 Å². The highest BCUT2D eigenvalue weighted by Crippen LogP contribution is 2.02. The molecule has 7 nitrogen and oxygen atoms in total. The number of hydrogen-bond donors (Lipinski definition) is 3. The van der Waals surface area contributed by atoms with Gasteiger partial charge in [0.1, 0.15) is 5.76 Å². The minimum Gasteiger partial charge on any atom is -0.469 e. The monoisotopic (exact) mass is 316 g/mol. The van der Waals surface area contributed by atoms with E-state index in [4.69, 9.17) is 4.42 Å². The van der Waals surface area contributed by atoms with Gasteiger partial charge in [0.25, 0.3) is 0 Å². The molecule has 3 N–H and O–H groups in total. The number of rotatable bonds is 7. The molecule has 0 aliphatic carbocycles. The Kier molecular flexibility index (Phi) is 6.22. The van der Waals surface area contributed by atoms with E-state index in [9.17, 15) is 8.42 Å². The maximum absolute atomic E-state index is 11.3. The molecule has 0 radical (unpaired) electrons. The zero-order valence-corrected chi connectivity index (χ0v) is 13.8. The molecule has 0 aliphatic heterocycles. The first-order valence-corrected chi connectivity index (χ1v) is 8.57. The first kappa shape index (κ1) is 17.5. The van der Waals surface area contributed by atoms with Crippen LogP contribution in [-0.2, 0) is 16.4 Å². The quantitative estimate of drug-likeness (QED) is 0.497. The normalized spacial score (nSPS) is 13.2. The molecule has 0 aliphatic rings. The third kappa shape index (κ3) is 7.72. The van der Waals surface area contributed by atoms with E-state index in [2.05, 4.69) is 20.3 Å². The second kappa shape index (κ2) is 7.46. The van der Waals surface area contributed by atoms with Gasteiger partial charge in [-0.2, -0.15) is 0 Å². The van der Waals surface area contributed by atoms with Gasteiger partial charge in [0, 0.05) is 32.1 Å². The van der Waals surface area contributed by atoms with E-state index in [0.29, 0.717) is 19.0 Å². The lowest BCUT2D eigenvalue weighted by molar-refractivity contribution is 0.446. The van der Waals surface area contributed by atoms with Crippen molar-refractivity contribution in [3.8, 4) is 0 Å². The number of aliphatic imine (C=N–C) groups is 1. The topological polar surface area (TPSA) is 95.7 Å². The minimum absolute atomic E-state index is 0.417. The van der Waals surface area contributed by atoms with Crippen molar-refractivity contribution in [3.05, 3.63) is 24.2 Å². The fourth-order valence-electron chi connectivity index (χ4n) is 1.82. The molecule has 1 heterocycles. The summed E-state index contributed by atoms with van der Waals surface area (Å²) in [6, 6.07) is 3.76. The summed E-state index contributed by atoms with van der Waals surface area (Å²) in [5, 5.41) is 6.24. The van der Waals surface area contributed by atoms with Gasteiger partial charge in [0.15, 0.2) is 5.96 Å². The standard InChI is InChI=1S/C13H24N4O3S/c1-13(2,17-21(4,18)19)10-16-12(14-3)15-8-7-11-6-5-9-20-11/h5-6,9,17H,7-8,10H2,1-4H3,(H2,14,15,16). The Hall–Kier alpha value is -1.54. The van der Waals surface area contributed by atoms with Crippen molar-refractivity contribution in [3.63, 3.8) is 0 Å². The molecule has 0 spiro atoms. The fourth-order valence-corrected chi connectivity index (χ4v) is 2.90. The predicted octanol–water partition coefficient (Wildman–Crippen LogP) is 0.315. The van der Waals surface area contributed by atoms with Crippen molar-refractivity contribution in [1.82, 2.24) is 15.4 Å². The maximum Gasteiger partial charge on any atom is 0.209 e. The molecule has 0 unspecified atom stereocenters. The van der Waals surface area contributed by atoms with Crippen LogP contribution in [-0.4, -0.2) is 46.3 Å². The summed E-state index contributed by atoms with van der Waals surface area (Å²) < 4.78 is 30.3. The van der Waals surface area contributed by atoms with E-state index in [0.717, 1.165) is 18.4 Å². The van der Waals surface area contributed by atoms with Gasteiger partial charge in [0.2, 0.25) is 10.0 Å². The third-order valence-electron chi connectivity index (χ3n) is 2.63.